The van der Waals surface area contributed by atoms with Crippen LogP contribution in [-0.2, 0) is 6.42 Å². The van der Waals surface area contributed by atoms with E-state index in [2.05, 4.69) is 11.1 Å². The molecule has 1 aliphatic rings. The fourth-order valence-electron chi connectivity index (χ4n) is 3.32. The van der Waals surface area contributed by atoms with Crippen molar-refractivity contribution in [2.45, 2.75) is 12.5 Å². The summed E-state index contributed by atoms with van der Waals surface area (Å²) >= 11 is 0. The average molecular weight is 348 g/mol. The van der Waals surface area contributed by atoms with Crippen LogP contribution in [0.15, 0.2) is 72.9 Å². The zero-order valence-corrected chi connectivity index (χ0v) is 14.0. The van der Waals surface area contributed by atoms with Gasteiger partial charge >= 0.3 is 6.09 Å². The second-order valence-corrected chi connectivity index (χ2v) is 6.13. The number of carbonyl (C=O) groups excluding carboxylic acids is 1. The van der Waals surface area contributed by atoms with Gasteiger partial charge in [0, 0.05) is 18.8 Å². The van der Waals surface area contributed by atoms with Gasteiger partial charge in [0.05, 0.1) is 6.04 Å². The number of carbonyl (C=O) groups is 1. The zero-order chi connectivity index (χ0) is 17.9. The van der Waals surface area contributed by atoms with E-state index in [1.807, 2.05) is 18.2 Å². The lowest BCUT2D eigenvalue weighted by Gasteiger charge is -2.36. The van der Waals surface area contributed by atoms with Crippen molar-refractivity contribution >= 4 is 6.09 Å². The second kappa shape index (κ2) is 6.96. The van der Waals surface area contributed by atoms with Gasteiger partial charge in [-0.1, -0.05) is 42.5 Å². The molecule has 2 aromatic carbocycles. The van der Waals surface area contributed by atoms with Crippen LogP contribution in [0, 0.1) is 5.82 Å². The van der Waals surface area contributed by atoms with E-state index in [-0.39, 0.29) is 17.7 Å². The molecule has 0 radical (unpaired) electrons. The molecule has 4 nitrogen and oxygen atoms in total. The van der Waals surface area contributed by atoms with Crippen LogP contribution in [0.2, 0.25) is 0 Å². The minimum absolute atomic E-state index is 0.259. The number of halogens is 1. The Labute approximate surface area is 150 Å². The highest BCUT2D eigenvalue weighted by molar-refractivity contribution is 5.72. The fourth-order valence-corrected chi connectivity index (χ4v) is 3.32. The quantitative estimate of drug-likeness (QED) is 0.691. The van der Waals surface area contributed by atoms with E-state index < -0.39 is 6.09 Å². The molecule has 0 spiro atoms. The van der Waals surface area contributed by atoms with E-state index in [9.17, 15) is 9.18 Å². The highest BCUT2D eigenvalue weighted by Crippen LogP contribution is 2.35. The molecular weight excluding hydrogens is 331 g/mol. The molecule has 1 atom stereocenters. The van der Waals surface area contributed by atoms with E-state index >= 15 is 0 Å². The third-order valence-electron chi connectivity index (χ3n) is 4.53. The summed E-state index contributed by atoms with van der Waals surface area (Å²) in [6, 6.07) is 19.1. The van der Waals surface area contributed by atoms with Gasteiger partial charge in [-0.15, -0.1) is 0 Å². The monoisotopic (exact) mass is 348 g/mol. The Kier molecular flexibility index (Phi) is 4.35. The third kappa shape index (κ3) is 3.16. The summed E-state index contributed by atoms with van der Waals surface area (Å²) < 4.78 is 18.8. The summed E-state index contributed by atoms with van der Waals surface area (Å²) in [5.74, 6) is -0.0466. The van der Waals surface area contributed by atoms with Gasteiger partial charge in [0.15, 0.2) is 0 Å². The number of rotatable bonds is 2. The van der Waals surface area contributed by atoms with Crippen LogP contribution >= 0.6 is 0 Å². The van der Waals surface area contributed by atoms with Crippen molar-refractivity contribution in [1.29, 1.82) is 0 Å². The molecule has 2 heterocycles. The first kappa shape index (κ1) is 16.3. The Bertz CT molecular complexity index is 913. The molecule has 1 aromatic heterocycles. The first-order chi connectivity index (χ1) is 12.7. The molecule has 0 saturated heterocycles. The van der Waals surface area contributed by atoms with Crippen LogP contribution in [-0.4, -0.2) is 22.5 Å². The maximum atomic E-state index is 13.4. The standard InChI is InChI=1S/C21H17FN2O2/c22-17-10-8-16(9-11-17)20-18-6-2-1-5-15(18)12-14-24(20)21(25)26-19-7-3-4-13-23-19/h1-11,13,20H,12,14H2/t20-/m0/s1. The van der Waals surface area contributed by atoms with Gasteiger partial charge in [0.25, 0.3) is 0 Å². The van der Waals surface area contributed by atoms with Crippen LogP contribution in [0.1, 0.15) is 22.7 Å². The Balaban J connectivity index is 1.71. The van der Waals surface area contributed by atoms with Crippen molar-refractivity contribution < 1.29 is 13.9 Å². The predicted molar refractivity (Wildman–Crippen MR) is 95.4 cm³/mol. The summed E-state index contributed by atoms with van der Waals surface area (Å²) in [5, 5.41) is 0. The van der Waals surface area contributed by atoms with E-state index in [1.54, 1.807) is 41.4 Å². The molecule has 0 N–H and O–H groups in total. The SMILES string of the molecule is O=C(Oc1ccccn1)N1CCc2ccccc2[C@@H]1c1ccc(F)cc1. The molecule has 0 saturated carbocycles. The number of amides is 1. The minimum Gasteiger partial charge on any atom is -0.391 e. The van der Waals surface area contributed by atoms with Gasteiger partial charge in [-0.25, -0.2) is 14.2 Å². The second-order valence-electron chi connectivity index (χ2n) is 6.13. The number of benzene rings is 2. The summed E-state index contributed by atoms with van der Waals surface area (Å²) in [5.41, 5.74) is 3.06. The van der Waals surface area contributed by atoms with Crippen LogP contribution < -0.4 is 4.74 Å². The largest absolute Gasteiger partial charge is 0.417 e. The highest BCUT2D eigenvalue weighted by Gasteiger charge is 2.33. The molecule has 1 aliphatic heterocycles. The van der Waals surface area contributed by atoms with E-state index in [0.29, 0.717) is 6.54 Å². The number of nitrogens with zero attached hydrogens (tertiary/aromatic N) is 2. The van der Waals surface area contributed by atoms with E-state index in [0.717, 1.165) is 17.5 Å². The number of fused-ring (bicyclic) bond motifs is 1. The topological polar surface area (TPSA) is 42.4 Å². The van der Waals surface area contributed by atoms with Crippen LogP contribution in [0.5, 0.6) is 5.88 Å². The normalized spacial score (nSPS) is 16.0. The number of ether oxygens (including phenoxy) is 1. The van der Waals surface area contributed by atoms with Crippen LogP contribution in [0.3, 0.4) is 0 Å². The lowest BCUT2D eigenvalue weighted by Crippen LogP contribution is -2.42. The number of aromatic nitrogens is 1. The zero-order valence-electron chi connectivity index (χ0n) is 14.0. The van der Waals surface area contributed by atoms with Gasteiger partial charge in [0.2, 0.25) is 5.88 Å². The van der Waals surface area contributed by atoms with Gasteiger partial charge in [0.1, 0.15) is 5.82 Å². The first-order valence-electron chi connectivity index (χ1n) is 8.45. The molecule has 26 heavy (non-hydrogen) atoms. The van der Waals surface area contributed by atoms with Crippen molar-refractivity contribution in [2.24, 2.45) is 0 Å². The van der Waals surface area contributed by atoms with E-state index in [4.69, 9.17) is 4.74 Å². The maximum Gasteiger partial charge on any atom is 0.417 e. The number of pyridine rings is 1. The molecule has 0 fully saturated rings. The molecule has 0 aliphatic carbocycles. The molecule has 3 aromatic rings. The van der Waals surface area contributed by atoms with Gasteiger partial charge < -0.3 is 4.74 Å². The summed E-state index contributed by atoms with van der Waals surface area (Å²) in [4.78, 5) is 18.5. The summed E-state index contributed by atoms with van der Waals surface area (Å²) in [6.45, 7) is 0.519. The van der Waals surface area contributed by atoms with Crippen molar-refractivity contribution in [3.8, 4) is 5.88 Å². The fraction of sp³-hybridized carbons (Fsp3) is 0.143. The van der Waals surface area contributed by atoms with Gasteiger partial charge in [-0.05, 0) is 41.3 Å². The predicted octanol–water partition coefficient (Wildman–Crippen LogP) is 4.37. The van der Waals surface area contributed by atoms with Crippen molar-refractivity contribution in [1.82, 2.24) is 9.88 Å². The molecular formula is C21H17FN2O2. The van der Waals surface area contributed by atoms with Gasteiger partial charge in [-0.3, -0.25) is 4.90 Å². The molecule has 0 unspecified atom stereocenters. The van der Waals surface area contributed by atoms with Crippen molar-refractivity contribution in [2.75, 3.05) is 6.54 Å². The van der Waals surface area contributed by atoms with E-state index in [1.165, 1.54) is 17.7 Å². The molecule has 1 amide bonds. The average Bonchev–Trinajstić information content (AvgIpc) is 2.68. The number of hydrogen-bond donors (Lipinski definition) is 0. The Morgan fingerprint density at radius 2 is 1.81 bits per heavy atom. The van der Waals surface area contributed by atoms with Crippen LogP contribution in [0.25, 0.3) is 0 Å². The first-order valence-corrected chi connectivity index (χ1v) is 8.45. The van der Waals surface area contributed by atoms with Crippen molar-refractivity contribution in [3.05, 3.63) is 95.4 Å². The minimum atomic E-state index is -0.465. The number of hydrogen-bond acceptors (Lipinski definition) is 3. The Morgan fingerprint density at radius 1 is 1.04 bits per heavy atom. The highest BCUT2D eigenvalue weighted by atomic mass is 19.1. The van der Waals surface area contributed by atoms with Crippen molar-refractivity contribution in [3.63, 3.8) is 0 Å². The van der Waals surface area contributed by atoms with Gasteiger partial charge in [-0.2, -0.15) is 0 Å². The molecule has 0 bridgehead atoms. The molecule has 5 heteroatoms. The third-order valence-corrected chi connectivity index (χ3v) is 4.53. The smallest absolute Gasteiger partial charge is 0.391 e. The Hall–Kier alpha value is -3.21. The molecule has 130 valence electrons. The summed E-state index contributed by atoms with van der Waals surface area (Å²) in [6.07, 6.45) is 1.85. The molecule has 4 rings (SSSR count). The lowest BCUT2D eigenvalue weighted by atomic mass is 9.88. The summed E-state index contributed by atoms with van der Waals surface area (Å²) in [7, 11) is 0. The van der Waals surface area contributed by atoms with Crippen LogP contribution in [0.4, 0.5) is 9.18 Å². The lowest BCUT2D eigenvalue weighted by molar-refractivity contribution is 0.134. The Morgan fingerprint density at radius 3 is 2.58 bits per heavy atom. The maximum absolute atomic E-state index is 13.4.